The molecule has 122 valence electrons. The lowest BCUT2D eigenvalue weighted by atomic mass is 10.0. The molecule has 0 saturated heterocycles. The number of primary amides is 1. The van der Waals surface area contributed by atoms with Crippen molar-refractivity contribution in [1.29, 1.82) is 0 Å². The molecule has 0 aliphatic rings. The van der Waals surface area contributed by atoms with Gasteiger partial charge in [0, 0.05) is 19.0 Å². The second-order valence-electron chi connectivity index (χ2n) is 5.84. The first-order chi connectivity index (χ1) is 11.6. The second kappa shape index (κ2) is 6.71. The monoisotopic (exact) mass is 319 g/mol. The van der Waals surface area contributed by atoms with E-state index in [4.69, 9.17) is 5.73 Å². The van der Waals surface area contributed by atoms with Gasteiger partial charge in [0.25, 0.3) is 5.91 Å². The quantitative estimate of drug-likeness (QED) is 0.777. The number of hydrogen-bond acceptors (Lipinski definition) is 2. The molecule has 0 atom stereocenters. The molecule has 2 N–H and O–H groups in total. The number of benzene rings is 2. The van der Waals surface area contributed by atoms with E-state index in [0.717, 1.165) is 35.4 Å². The van der Waals surface area contributed by atoms with Gasteiger partial charge < -0.3 is 10.3 Å². The first kappa shape index (κ1) is 16.0. The predicted molar refractivity (Wildman–Crippen MR) is 96.6 cm³/mol. The van der Waals surface area contributed by atoms with Crippen molar-refractivity contribution in [2.24, 2.45) is 12.8 Å². The zero-order valence-electron chi connectivity index (χ0n) is 14.0. The Morgan fingerprint density at radius 2 is 1.58 bits per heavy atom. The number of carbonyl (C=O) groups excluding carboxylic acids is 1. The zero-order chi connectivity index (χ0) is 17.1. The molecule has 0 unspecified atom stereocenters. The third-order valence-corrected chi connectivity index (χ3v) is 4.16. The molecule has 0 spiro atoms. The highest BCUT2D eigenvalue weighted by Gasteiger charge is 2.19. The predicted octanol–water partition coefficient (Wildman–Crippen LogP) is 3.81. The van der Waals surface area contributed by atoms with E-state index in [0.29, 0.717) is 11.4 Å². The van der Waals surface area contributed by atoms with Crippen molar-refractivity contribution in [3.05, 3.63) is 66.1 Å². The number of hydrogen-bond donors (Lipinski definition) is 1. The summed E-state index contributed by atoms with van der Waals surface area (Å²) in [6.45, 7) is 2.09. The highest BCUT2D eigenvalue weighted by molar-refractivity contribution is 5.97. The molecule has 2 aromatic carbocycles. The molecule has 0 aliphatic carbocycles. The third kappa shape index (κ3) is 2.95. The van der Waals surface area contributed by atoms with Crippen LogP contribution in [0.2, 0.25) is 0 Å². The number of imidazole rings is 1. The van der Waals surface area contributed by atoms with E-state index in [9.17, 15) is 4.79 Å². The Morgan fingerprint density at radius 1 is 1.00 bits per heavy atom. The summed E-state index contributed by atoms with van der Waals surface area (Å²) in [6.07, 6.45) is 1.79. The van der Waals surface area contributed by atoms with Crippen molar-refractivity contribution < 1.29 is 4.79 Å². The van der Waals surface area contributed by atoms with Gasteiger partial charge in [-0.1, -0.05) is 61.5 Å². The summed E-state index contributed by atoms with van der Waals surface area (Å²) in [5.41, 5.74) is 9.90. The summed E-state index contributed by atoms with van der Waals surface area (Å²) in [4.78, 5) is 16.5. The maximum absolute atomic E-state index is 11.9. The van der Waals surface area contributed by atoms with Gasteiger partial charge in [-0.05, 0) is 17.5 Å². The van der Waals surface area contributed by atoms with E-state index in [1.807, 2.05) is 54.1 Å². The van der Waals surface area contributed by atoms with Crippen LogP contribution >= 0.6 is 0 Å². The average Bonchev–Trinajstić information content (AvgIpc) is 2.93. The van der Waals surface area contributed by atoms with Crippen molar-refractivity contribution in [3.63, 3.8) is 0 Å². The van der Waals surface area contributed by atoms with E-state index in [1.165, 1.54) is 0 Å². The minimum Gasteiger partial charge on any atom is -0.364 e. The number of nitrogens with two attached hydrogens (primary N) is 1. The maximum atomic E-state index is 11.9. The van der Waals surface area contributed by atoms with E-state index in [1.54, 1.807) is 0 Å². The van der Waals surface area contributed by atoms with Crippen LogP contribution in [0.25, 0.3) is 22.4 Å². The molecule has 3 rings (SSSR count). The molecular weight excluding hydrogens is 298 g/mol. The smallest absolute Gasteiger partial charge is 0.267 e. The minimum absolute atomic E-state index is 0.450. The standard InChI is InChI=1S/C20H21N3O/c1-3-7-17-22-18(19(20(21)24)23(17)2)16-12-10-15(11-13-16)14-8-5-4-6-9-14/h4-6,8-13H,3,7H2,1-2H3,(H2,21,24). The van der Waals surface area contributed by atoms with Gasteiger partial charge in [-0.25, -0.2) is 4.98 Å². The van der Waals surface area contributed by atoms with E-state index in [2.05, 4.69) is 24.0 Å². The molecule has 0 radical (unpaired) electrons. The number of rotatable bonds is 5. The molecule has 4 heteroatoms. The first-order valence-corrected chi connectivity index (χ1v) is 8.13. The Morgan fingerprint density at radius 3 is 2.17 bits per heavy atom. The number of carbonyl (C=O) groups is 1. The van der Waals surface area contributed by atoms with Crippen LogP contribution in [0, 0.1) is 0 Å². The van der Waals surface area contributed by atoms with Gasteiger partial charge in [0.05, 0.1) is 0 Å². The molecule has 1 aromatic heterocycles. The number of aromatic nitrogens is 2. The summed E-state index contributed by atoms with van der Waals surface area (Å²) < 4.78 is 1.81. The largest absolute Gasteiger partial charge is 0.364 e. The summed E-state index contributed by atoms with van der Waals surface area (Å²) in [7, 11) is 1.85. The lowest BCUT2D eigenvalue weighted by molar-refractivity contribution is 0.0993. The van der Waals surface area contributed by atoms with Crippen LogP contribution in [0.3, 0.4) is 0 Å². The topological polar surface area (TPSA) is 60.9 Å². The van der Waals surface area contributed by atoms with Crippen LogP contribution in [-0.4, -0.2) is 15.5 Å². The molecule has 24 heavy (non-hydrogen) atoms. The lowest BCUT2D eigenvalue weighted by Gasteiger charge is -2.05. The molecule has 3 aromatic rings. The fraction of sp³-hybridized carbons (Fsp3) is 0.200. The van der Waals surface area contributed by atoms with Crippen molar-refractivity contribution in [3.8, 4) is 22.4 Å². The Balaban J connectivity index is 2.03. The highest BCUT2D eigenvalue weighted by Crippen LogP contribution is 2.27. The number of amides is 1. The third-order valence-electron chi connectivity index (χ3n) is 4.16. The van der Waals surface area contributed by atoms with Gasteiger partial charge in [-0.2, -0.15) is 0 Å². The van der Waals surface area contributed by atoms with Crippen LogP contribution in [-0.2, 0) is 13.5 Å². The zero-order valence-corrected chi connectivity index (χ0v) is 14.0. The summed E-state index contributed by atoms with van der Waals surface area (Å²) >= 11 is 0. The molecular formula is C20H21N3O. The molecule has 0 saturated carbocycles. The number of nitrogens with zero attached hydrogens (tertiary/aromatic N) is 2. The Bertz CT molecular complexity index is 849. The van der Waals surface area contributed by atoms with Crippen LogP contribution in [0.15, 0.2) is 54.6 Å². The van der Waals surface area contributed by atoms with Crippen LogP contribution < -0.4 is 5.73 Å². The summed E-state index contributed by atoms with van der Waals surface area (Å²) in [6, 6.07) is 18.3. The van der Waals surface area contributed by atoms with Crippen LogP contribution in [0.5, 0.6) is 0 Å². The minimum atomic E-state index is -0.450. The van der Waals surface area contributed by atoms with Gasteiger partial charge in [-0.3, -0.25) is 4.79 Å². The molecule has 1 heterocycles. The maximum Gasteiger partial charge on any atom is 0.267 e. The van der Waals surface area contributed by atoms with Gasteiger partial charge in [0.1, 0.15) is 17.2 Å². The first-order valence-electron chi connectivity index (χ1n) is 8.13. The van der Waals surface area contributed by atoms with Crippen LogP contribution in [0.4, 0.5) is 0 Å². The highest BCUT2D eigenvalue weighted by atomic mass is 16.1. The van der Waals surface area contributed by atoms with Gasteiger partial charge >= 0.3 is 0 Å². The Labute approximate surface area is 142 Å². The van der Waals surface area contributed by atoms with Gasteiger partial charge in [0.15, 0.2) is 0 Å². The normalized spacial score (nSPS) is 10.8. The van der Waals surface area contributed by atoms with Gasteiger partial charge in [-0.15, -0.1) is 0 Å². The van der Waals surface area contributed by atoms with Crippen LogP contribution in [0.1, 0.15) is 29.7 Å². The summed E-state index contributed by atoms with van der Waals surface area (Å²) in [5.74, 6) is 0.433. The molecule has 4 nitrogen and oxygen atoms in total. The average molecular weight is 319 g/mol. The second-order valence-corrected chi connectivity index (χ2v) is 5.84. The number of aryl methyl sites for hydroxylation is 1. The SMILES string of the molecule is CCCc1nc(-c2ccc(-c3ccccc3)cc2)c(C(N)=O)n1C. The van der Waals surface area contributed by atoms with E-state index < -0.39 is 5.91 Å². The van der Waals surface area contributed by atoms with Crippen molar-refractivity contribution >= 4 is 5.91 Å². The fourth-order valence-corrected chi connectivity index (χ4v) is 2.93. The van der Waals surface area contributed by atoms with E-state index in [-0.39, 0.29) is 0 Å². The van der Waals surface area contributed by atoms with E-state index >= 15 is 0 Å². The van der Waals surface area contributed by atoms with Crippen molar-refractivity contribution in [2.45, 2.75) is 19.8 Å². The molecule has 0 bridgehead atoms. The molecule has 0 fully saturated rings. The molecule has 0 aliphatic heterocycles. The molecule has 1 amide bonds. The summed E-state index contributed by atoms with van der Waals surface area (Å²) in [5, 5.41) is 0. The van der Waals surface area contributed by atoms with Crippen molar-refractivity contribution in [1.82, 2.24) is 9.55 Å². The Hall–Kier alpha value is -2.88. The van der Waals surface area contributed by atoms with Crippen molar-refractivity contribution in [2.75, 3.05) is 0 Å². The Kier molecular flexibility index (Phi) is 4.47. The fourth-order valence-electron chi connectivity index (χ4n) is 2.93. The lowest BCUT2D eigenvalue weighted by Crippen LogP contribution is -2.17. The van der Waals surface area contributed by atoms with Gasteiger partial charge in [0.2, 0.25) is 0 Å².